The Bertz CT molecular complexity index is 514. The zero-order valence-electron chi connectivity index (χ0n) is 15.4. The average Bonchev–Trinajstić information content (AvgIpc) is 3.28. The molecule has 6 nitrogen and oxygen atoms in total. The Morgan fingerprint density at radius 1 is 1.24 bits per heavy atom. The maximum atomic E-state index is 12.7. The van der Waals surface area contributed by atoms with Crippen LogP contribution in [0.1, 0.15) is 51.9 Å². The Labute approximate surface area is 150 Å². The molecule has 0 saturated carbocycles. The fourth-order valence-corrected chi connectivity index (χ4v) is 5.39. The van der Waals surface area contributed by atoms with Crippen molar-refractivity contribution in [3.05, 3.63) is 0 Å². The second kappa shape index (κ2) is 7.23. The zero-order chi connectivity index (χ0) is 17.4. The van der Waals surface area contributed by atoms with E-state index in [1.54, 1.807) is 0 Å². The number of carbonyl (C=O) groups is 2. The van der Waals surface area contributed by atoms with E-state index in [0.717, 1.165) is 32.5 Å². The van der Waals surface area contributed by atoms with Crippen LogP contribution in [0.3, 0.4) is 0 Å². The van der Waals surface area contributed by atoms with Crippen LogP contribution in [-0.4, -0.2) is 72.0 Å². The normalized spacial score (nSPS) is 38.5. The molecule has 4 fully saturated rings. The first-order chi connectivity index (χ1) is 12.1. The first kappa shape index (κ1) is 17.3. The van der Waals surface area contributed by atoms with Crippen molar-refractivity contribution in [1.29, 1.82) is 0 Å². The van der Waals surface area contributed by atoms with Crippen molar-refractivity contribution in [2.24, 2.45) is 5.92 Å². The van der Waals surface area contributed by atoms with Gasteiger partial charge in [-0.3, -0.25) is 14.5 Å². The van der Waals surface area contributed by atoms with Crippen molar-refractivity contribution in [3.8, 4) is 0 Å². The van der Waals surface area contributed by atoms with Crippen LogP contribution in [0, 0.1) is 5.92 Å². The first-order valence-electron chi connectivity index (χ1n) is 10.2. The van der Waals surface area contributed by atoms with Gasteiger partial charge in [0.2, 0.25) is 11.8 Å². The minimum Gasteiger partial charge on any atom is -0.353 e. The molecule has 4 atom stereocenters. The molecule has 0 aromatic carbocycles. The number of nitrogens with zero attached hydrogens (tertiary/aromatic N) is 2. The number of piperidine rings is 1. The number of carbonyl (C=O) groups excluding carboxylic acids is 2. The minimum absolute atomic E-state index is 0.0981. The number of likely N-dealkylation sites (tertiary alicyclic amines) is 2. The van der Waals surface area contributed by atoms with E-state index in [2.05, 4.69) is 22.5 Å². The van der Waals surface area contributed by atoms with Gasteiger partial charge in [-0.15, -0.1) is 0 Å². The topological polar surface area (TPSA) is 64.7 Å². The monoisotopic (exact) mass is 348 g/mol. The highest BCUT2D eigenvalue weighted by Gasteiger charge is 2.39. The highest BCUT2D eigenvalue weighted by atomic mass is 16.2. The third kappa shape index (κ3) is 3.70. The summed E-state index contributed by atoms with van der Waals surface area (Å²) in [7, 11) is 0. The van der Waals surface area contributed by atoms with Crippen LogP contribution in [0.2, 0.25) is 0 Å². The summed E-state index contributed by atoms with van der Waals surface area (Å²) in [5.74, 6) is 0.103. The van der Waals surface area contributed by atoms with Gasteiger partial charge in [-0.2, -0.15) is 0 Å². The van der Waals surface area contributed by atoms with E-state index in [-0.39, 0.29) is 17.7 Å². The van der Waals surface area contributed by atoms with E-state index < -0.39 is 0 Å². The van der Waals surface area contributed by atoms with Crippen LogP contribution in [-0.2, 0) is 9.59 Å². The van der Waals surface area contributed by atoms with Gasteiger partial charge in [0.05, 0.1) is 5.92 Å². The van der Waals surface area contributed by atoms with E-state index in [1.165, 1.54) is 25.7 Å². The predicted molar refractivity (Wildman–Crippen MR) is 96.1 cm³/mol. The molecule has 4 aliphatic rings. The van der Waals surface area contributed by atoms with E-state index in [4.69, 9.17) is 0 Å². The van der Waals surface area contributed by atoms with E-state index in [0.29, 0.717) is 37.1 Å². The lowest BCUT2D eigenvalue weighted by molar-refractivity contribution is -0.129. The fraction of sp³-hybridized carbons (Fsp3) is 0.895. The molecule has 4 unspecified atom stereocenters. The molecule has 0 aromatic rings. The zero-order valence-corrected chi connectivity index (χ0v) is 15.4. The van der Waals surface area contributed by atoms with Crippen LogP contribution in [0.5, 0.6) is 0 Å². The summed E-state index contributed by atoms with van der Waals surface area (Å²) in [6, 6.07) is 1.93. The summed E-state index contributed by atoms with van der Waals surface area (Å²) in [5, 5.41) is 6.86. The van der Waals surface area contributed by atoms with Crippen molar-refractivity contribution in [2.75, 3.05) is 26.2 Å². The number of hydrogen-bond acceptors (Lipinski definition) is 4. The van der Waals surface area contributed by atoms with Gasteiger partial charge in [-0.25, -0.2) is 0 Å². The molecule has 0 aliphatic carbocycles. The van der Waals surface area contributed by atoms with Gasteiger partial charge in [0, 0.05) is 43.7 Å². The van der Waals surface area contributed by atoms with Gasteiger partial charge >= 0.3 is 0 Å². The van der Waals surface area contributed by atoms with E-state index in [9.17, 15) is 9.59 Å². The number of rotatable bonds is 5. The largest absolute Gasteiger partial charge is 0.353 e. The molecule has 4 aliphatic heterocycles. The molecule has 4 saturated heterocycles. The van der Waals surface area contributed by atoms with Crippen LogP contribution in [0.4, 0.5) is 0 Å². The molecule has 2 amide bonds. The third-order valence-electron chi connectivity index (χ3n) is 6.74. The molecule has 6 heteroatoms. The molecule has 140 valence electrons. The van der Waals surface area contributed by atoms with Gasteiger partial charge in [0.1, 0.15) is 0 Å². The molecule has 4 heterocycles. The molecule has 0 spiro atoms. The van der Waals surface area contributed by atoms with Crippen LogP contribution < -0.4 is 10.6 Å². The maximum absolute atomic E-state index is 12.7. The predicted octanol–water partition coefficient (Wildman–Crippen LogP) is 0.718. The van der Waals surface area contributed by atoms with Gasteiger partial charge in [-0.1, -0.05) is 6.92 Å². The Hall–Kier alpha value is -1.14. The third-order valence-corrected chi connectivity index (χ3v) is 6.74. The maximum Gasteiger partial charge on any atom is 0.225 e. The first-order valence-corrected chi connectivity index (χ1v) is 10.2. The number of hydrogen-bond donors (Lipinski definition) is 2. The Kier molecular flexibility index (Phi) is 5.00. The molecule has 2 N–H and O–H groups in total. The highest BCUT2D eigenvalue weighted by Crippen LogP contribution is 2.28. The molecule has 25 heavy (non-hydrogen) atoms. The van der Waals surface area contributed by atoms with Crippen LogP contribution >= 0.6 is 0 Å². The Morgan fingerprint density at radius 3 is 2.72 bits per heavy atom. The van der Waals surface area contributed by atoms with Crippen LogP contribution in [0.15, 0.2) is 0 Å². The van der Waals surface area contributed by atoms with Gasteiger partial charge in [0.25, 0.3) is 0 Å². The van der Waals surface area contributed by atoms with Crippen molar-refractivity contribution >= 4 is 11.8 Å². The SMILES string of the molecule is CCN1CCCC1CN1CC(C(=O)NC2CC3CCC(C2)N3)CC1=O. The quantitative estimate of drug-likeness (QED) is 0.768. The summed E-state index contributed by atoms with van der Waals surface area (Å²) >= 11 is 0. The summed E-state index contributed by atoms with van der Waals surface area (Å²) < 4.78 is 0. The lowest BCUT2D eigenvalue weighted by Crippen LogP contribution is -2.49. The lowest BCUT2D eigenvalue weighted by Gasteiger charge is -2.30. The number of nitrogens with one attached hydrogen (secondary N) is 2. The highest BCUT2D eigenvalue weighted by molar-refractivity contribution is 5.89. The van der Waals surface area contributed by atoms with Crippen LogP contribution in [0.25, 0.3) is 0 Å². The molecule has 4 rings (SSSR count). The minimum atomic E-state index is -0.156. The molecule has 2 bridgehead atoms. The molecule has 0 aromatic heterocycles. The summed E-state index contributed by atoms with van der Waals surface area (Å²) in [6.07, 6.45) is 7.35. The number of amides is 2. The number of fused-ring (bicyclic) bond motifs is 2. The Balaban J connectivity index is 1.28. The average molecular weight is 348 g/mol. The smallest absolute Gasteiger partial charge is 0.225 e. The Morgan fingerprint density at radius 2 is 2.00 bits per heavy atom. The molecular weight excluding hydrogens is 316 g/mol. The molecular formula is C19H32N4O2. The summed E-state index contributed by atoms with van der Waals surface area (Å²) in [6.45, 7) is 5.79. The van der Waals surface area contributed by atoms with Gasteiger partial charge < -0.3 is 15.5 Å². The number of likely N-dealkylation sites (N-methyl/N-ethyl adjacent to an activating group) is 1. The standard InChI is InChI=1S/C19H32N4O2/c1-2-22-7-3-4-17(22)12-23-11-13(8-18(23)24)19(25)21-16-9-14-5-6-15(10-16)20-14/h13-17,20H,2-12H2,1H3,(H,21,25). The second-order valence-electron chi connectivity index (χ2n) is 8.44. The van der Waals surface area contributed by atoms with E-state index >= 15 is 0 Å². The summed E-state index contributed by atoms with van der Waals surface area (Å²) in [5.41, 5.74) is 0. The lowest BCUT2D eigenvalue weighted by atomic mass is 9.98. The van der Waals surface area contributed by atoms with Crippen molar-refractivity contribution in [3.63, 3.8) is 0 Å². The van der Waals surface area contributed by atoms with Gasteiger partial charge in [0.15, 0.2) is 0 Å². The fourth-order valence-electron chi connectivity index (χ4n) is 5.39. The van der Waals surface area contributed by atoms with Crippen molar-refractivity contribution < 1.29 is 9.59 Å². The second-order valence-corrected chi connectivity index (χ2v) is 8.44. The van der Waals surface area contributed by atoms with E-state index in [1.807, 2.05) is 4.90 Å². The van der Waals surface area contributed by atoms with Crippen molar-refractivity contribution in [2.45, 2.75) is 76.0 Å². The van der Waals surface area contributed by atoms with Crippen molar-refractivity contribution in [1.82, 2.24) is 20.4 Å². The van der Waals surface area contributed by atoms with Gasteiger partial charge in [-0.05, 0) is 51.6 Å². The summed E-state index contributed by atoms with van der Waals surface area (Å²) in [4.78, 5) is 29.5. The molecule has 0 radical (unpaired) electrons.